The van der Waals surface area contributed by atoms with Crippen LogP contribution in [0.4, 0.5) is 11.4 Å². The minimum absolute atomic E-state index is 0.0365. The lowest BCUT2D eigenvalue weighted by Crippen LogP contribution is -2.44. The van der Waals surface area contributed by atoms with Crippen molar-refractivity contribution in [2.45, 2.75) is 46.1 Å². The van der Waals surface area contributed by atoms with Gasteiger partial charge in [-0.05, 0) is 36.5 Å². The molecule has 3 N–H and O–H groups in total. The van der Waals surface area contributed by atoms with Crippen molar-refractivity contribution in [1.29, 1.82) is 0 Å². The summed E-state index contributed by atoms with van der Waals surface area (Å²) in [5, 5.41) is 2.86. The summed E-state index contributed by atoms with van der Waals surface area (Å²) in [7, 11) is 1.54. The standard InChI is InChI=1S/C18H27N3O3/c1-18(2,3)11-16(22)21-9-5-6-14(21)17(23)20-12-7-8-15(24-4)13(19)10-12/h7-8,10,14H,5-6,9,11,19H2,1-4H3,(H,20,23). The van der Waals surface area contributed by atoms with E-state index in [1.165, 1.54) is 0 Å². The zero-order chi connectivity index (χ0) is 17.9. The predicted molar refractivity (Wildman–Crippen MR) is 94.8 cm³/mol. The van der Waals surface area contributed by atoms with Crippen molar-refractivity contribution in [3.05, 3.63) is 18.2 Å². The van der Waals surface area contributed by atoms with Crippen molar-refractivity contribution in [3.63, 3.8) is 0 Å². The van der Waals surface area contributed by atoms with Crippen molar-refractivity contribution < 1.29 is 14.3 Å². The fourth-order valence-corrected chi connectivity index (χ4v) is 2.93. The highest BCUT2D eigenvalue weighted by Gasteiger charge is 2.35. The maximum Gasteiger partial charge on any atom is 0.247 e. The second-order valence-corrected chi connectivity index (χ2v) is 7.43. The SMILES string of the molecule is COc1ccc(NC(=O)C2CCCN2C(=O)CC(C)(C)C)cc1N. The van der Waals surface area contributed by atoms with Gasteiger partial charge in [-0.15, -0.1) is 0 Å². The van der Waals surface area contributed by atoms with Gasteiger partial charge in [0.2, 0.25) is 11.8 Å². The maximum absolute atomic E-state index is 12.6. The molecule has 0 saturated carbocycles. The molecule has 24 heavy (non-hydrogen) atoms. The molecule has 1 fully saturated rings. The topological polar surface area (TPSA) is 84.7 Å². The number of carbonyl (C=O) groups excluding carboxylic acids is 2. The van der Waals surface area contributed by atoms with Gasteiger partial charge in [0.05, 0.1) is 12.8 Å². The van der Waals surface area contributed by atoms with Crippen LogP contribution in [0.1, 0.15) is 40.0 Å². The number of hydrogen-bond donors (Lipinski definition) is 2. The van der Waals surface area contributed by atoms with Crippen molar-refractivity contribution in [3.8, 4) is 5.75 Å². The molecular weight excluding hydrogens is 306 g/mol. The molecule has 1 aromatic carbocycles. The van der Waals surface area contributed by atoms with Crippen molar-refractivity contribution in [2.24, 2.45) is 5.41 Å². The first-order valence-corrected chi connectivity index (χ1v) is 8.25. The van der Waals surface area contributed by atoms with Crippen LogP contribution in [0.25, 0.3) is 0 Å². The number of nitrogens with zero attached hydrogens (tertiary/aromatic N) is 1. The number of nitrogen functional groups attached to an aromatic ring is 1. The largest absolute Gasteiger partial charge is 0.495 e. The number of likely N-dealkylation sites (tertiary alicyclic amines) is 1. The molecule has 6 nitrogen and oxygen atoms in total. The van der Waals surface area contributed by atoms with E-state index in [0.717, 1.165) is 6.42 Å². The van der Waals surface area contributed by atoms with E-state index >= 15 is 0 Å². The highest BCUT2D eigenvalue weighted by atomic mass is 16.5. The Balaban J connectivity index is 2.05. The molecule has 1 aliphatic heterocycles. The zero-order valence-corrected chi connectivity index (χ0v) is 14.9. The van der Waals surface area contributed by atoms with E-state index < -0.39 is 6.04 Å². The van der Waals surface area contributed by atoms with Gasteiger partial charge >= 0.3 is 0 Å². The molecule has 0 aliphatic carbocycles. The Morgan fingerprint density at radius 2 is 2.08 bits per heavy atom. The van der Waals surface area contributed by atoms with E-state index in [1.807, 2.05) is 20.8 Å². The summed E-state index contributed by atoms with van der Waals surface area (Å²) < 4.78 is 5.11. The number of methoxy groups -OCH3 is 1. The summed E-state index contributed by atoms with van der Waals surface area (Å²) >= 11 is 0. The smallest absolute Gasteiger partial charge is 0.247 e. The van der Waals surface area contributed by atoms with E-state index in [4.69, 9.17) is 10.5 Å². The summed E-state index contributed by atoms with van der Waals surface area (Å²) in [6.07, 6.45) is 1.97. The third kappa shape index (κ3) is 4.40. The molecule has 0 radical (unpaired) electrons. The normalized spacial score (nSPS) is 17.7. The van der Waals surface area contributed by atoms with Crippen LogP contribution in [-0.2, 0) is 9.59 Å². The molecule has 1 aliphatic rings. The molecule has 2 rings (SSSR count). The van der Waals surface area contributed by atoms with Crippen LogP contribution in [-0.4, -0.2) is 36.4 Å². The number of ether oxygens (including phenoxy) is 1. The Kier molecular flexibility index (Phi) is 5.36. The number of carbonyl (C=O) groups is 2. The van der Waals surface area contributed by atoms with Crippen LogP contribution in [0.3, 0.4) is 0 Å². The molecule has 1 heterocycles. The number of nitrogens with two attached hydrogens (primary N) is 1. The van der Waals surface area contributed by atoms with Gasteiger partial charge in [0.15, 0.2) is 0 Å². The second kappa shape index (κ2) is 7.11. The molecule has 6 heteroatoms. The number of nitrogens with one attached hydrogen (secondary N) is 1. The van der Waals surface area contributed by atoms with Gasteiger partial charge in [0.25, 0.3) is 0 Å². The highest BCUT2D eigenvalue weighted by Crippen LogP contribution is 2.27. The molecule has 132 valence electrons. The van der Waals surface area contributed by atoms with Crippen LogP contribution in [0.5, 0.6) is 5.75 Å². The fraction of sp³-hybridized carbons (Fsp3) is 0.556. The Morgan fingerprint density at radius 3 is 2.67 bits per heavy atom. The Morgan fingerprint density at radius 1 is 1.38 bits per heavy atom. The minimum Gasteiger partial charge on any atom is -0.495 e. The van der Waals surface area contributed by atoms with Gasteiger partial charge in [-0.3, -0.25) is 9.59 Å². The number of hydrogen-bond acceptors (Lipinski definition) is 4. The number of amides is 2. The van der Waals surface area contributed by atoms with Crippen molar-refractivity contribution >= 4 is 23.2 Å². The van der Waals surface area contributed by atoms with E-state index in [2.05, 4.69) is 5.32 Å². The van der Waals surface area contributed by atoms with E-state index in [1.54, 1.807) is 30.2 Å². The quantitative estimate of drug-likeness (QED) is 0.830. The molecule has 1 saturated heterocycles. The van der Waals surface area contributed by atoms with E-state index in [0.29, 0.717) is 36.5 Å². The number of anilines is 2. The zero-order valence-electron chi connectivity index (χ0n) is 14.9. The second-order valence-electron chi connectivity index (χ2n) is 7.43. The minimum atomic E-state index is -0.414. The predicted octanol–water partition coefficient (Wildman–Crippen LogP) is 2.64. The Bertz CT molecular complexity index is 622. The lowest BCUT2D eigenvalue weighted by atomic mass is 9.91. The third-order valence-corrected chi connectivity index (χ3v) is 4.05. The molecule has 0 spiro atoms. The molecule has 1 atom stereocenters. The van der Waals surface area contributed by atoms with Crippen LogP contribution in [0.15, 0.2) is 18.2 Å². The lowest BCUT2D eigenvalue weighted by Gasteiger charge is -2.27. The van der Waals surface area contributed by atoms with Crippen LogP contribution in [0.2, 0.25) is 0 Å². The van der Waals surface area contributed by atoms with Crippen LogP contribution in [0, 0.1) is 5.41 Å². The summed E-state index contributed by atoms with van der Waals surface area (Å²) in [4.78, 5) is 26.8. The average molecular weight is 333 g/mol. The van der Waals surface area contributed by atoms with Gasteiger partial charge in [-0.1, -0.05) is 20.8 Å². The first kappa shape index (κ1) is 18.1. The van der Waals surface area contributed by atoms with Gasteiger partial charge in [0.1, 0.15) is 11.8 Å². The summed E-state index contributed by atoms with van der Waals surface area (Å²) in [5.41, 5.74) is 6.84. The molecule has 2 amide bonds. The van der Waals surface area contributed by atoms with E-state index in [-0.39, 0.29) is 17.2 Å². The van der Waals surface area contributed by atoms with Gasteiger partial charge in [0, 0.05) is 18.7 Å². The summed E-state index contributed by atoms with van der Waals surface area (Å²) in [5.74, 6) is 0.435. The van der Waals surface area contributed by atoms with Gasteiger partial charge < -0.3 is 20.7 Å². The van der Waals surface area contributed by atoms with Gasteiger partial charge in [-0.25, -0.2) is 0 Å². The molecule has 0 bridgehead atoms. The Labute approximate surface area is 143 Å². The number of benzene rings is 1. The Hall–Kier alpha value is -2.24. The van der Waals surface area contributed by atoms with Crippen molar-refractivity contribution in [1.82, 2.24) is 4.90 Å². The summed E-state index contributed by atoms with van der Waals surface area (Å²) in [6.45, 7) is 6.71. The highest BCUT2D eigenvalue weighted by molar-refractivity contribution is 5.98. The van der Waals surface area contributed by atoms with Crippen LogP contribution < -0.4 is 15.8 Å². The average Bonchev–Trinajstić information content (AvgIpc) is 2.95. The first-order chi connectivity index (χ1) is 11.2. The molecular formula is C18H27N3O3. The summed E-state index contributed by atoms with van der Waals surface area (Å²) in [6, 6.07) is 4.70. The molecule has 0 aromatic heterocycles. The lowest BCUT2D eigenvalue weighted by molar-refractivity contribution is -0.138. The first-order valence-electron chi connectivity index (χ1n) is 8.25. The van der Waals surface area contributed by atoms with Crippen LogP contribution >= 0.6 is 0 Å². The van der Waals surface area contributed by atoms with E-state index in [9.17, 15) is 9.59 Å². The van der Waals surface area contributed by atoms with Gasteiger partial charge in [-0.2, -0.15) is 0 Å². The molecule has 1 unspecified atom stereocenters. The van der Waals surface area contributed by atoms with Crippen molar-refractivity contribution in [2.75, 3.05) is 24.7 Å². The fourth-order valence-electron chi connectivity index (χ4n) is 2.93. The third-order valence-electron chi connectivity index (χ3n) is 4.05. The maximum atomic E-state index is 12.6. The number of rotatable bonds is 4. The molecule has 1 aromatic rings. The monoisotopic (exact) mass is 333 g/mol.